The zero-order chi connectivity index (χ0) is 13.1. The van der Waals surface area contributed by atoms with E-state index in [1.54, 1.807) is 9.58 Å². The lowest BCUT2D eigenvalue weighted by atomic mass is 9.99. The van der Waals surface area contributed by atoms with Crippen LogP contribution in [0.25, 0.3) is 0 Å². The maximum Gasteiger partial charge on any atom is 0.0521 e. The van der Waals surface area contributed by atoms with Crippen LogP contribution in [0.15, 0.2) is 0 Å². The summed E-state index contributed by atoms with van der Waals surface area (Å²) in [5.74, 6) is 0. The zero-order valence-corrected chi connectivity index (χ0v) is 14.8. The van der Waals surface area contributed by atoms with E-state index < -0.39 is 0 Å². The van der Waals surface area contributed by atoms with Gasteiger partial charge in [-0.05, 0) is 56.3 Å². The van der Waals surface area contributed by atoms with Crippen LogP contribution in [-0.4, -0.2) is 11.3 Å². The highest BCUT2D eigenvalue weighted by Gasteiger charge is 2.41. The highest BCUT2D eigenvalue weighted by Crippen LogP contribution is 2.68. The van der Waals surface area contributed by atoms with Gasteiger partial charge in [-0.3, -0.25) is 0 Å². The first kappa shape index (κ1) is 15.1. The molecule has 0 N–H and O–H groups in total. The third kappa shape index (κ3) is 3.68. The van der Waals surface area contributed by atoms with Gasteiger partial charge in [-0.1, -0.05) is 69.0 Å². The van der Waals surface area contributed by atoms with Gasteiger partial charge in [0, 0.05) is 5.66 Å². The molecule has 0 unspecified atom stereocenters. The van der Waals surface area contributed by atoms with Crippen LogP contribution in [0.1, 0.15) is 64.2 Å². The van der Waals surface area contributed by atoms with Gasteiger partial charge in [-0.15, -0.1) is 0 Å². The molecule has 0 aromatic carbocycles. The van der Waals surface area contributed by atoms with Gasteiger partial charge in [0.15, 0.2) is 0 Å². The predicted molar refractivity (Wildman–Crippen MR) is 94.1 cm³/mol. The molecule has 0 aliphatic heterocycles. The second-order valence-electron chi connectivity index (χ2n) is 6.25. The second-order valence-corrected chi connectivity index (χ2v) is 10.2. The van der Waals surface area contributed by atoms with Gasteiger partial charge in [0.05, 0.1) is 3.92 Å². The fourth-order valence-electron chi connectivity index (χ4n) is 4.01. The fraction of sp³-hybridized carbons (Fsp3) is 0.706. The molecule has 0 nitrogen and oxygen atoms in total. The van der Waals surface area contributed by atoms with Crippen molar-refractivity contribution in [2.75, 3.05) is 0 Å². The van der Waals surface area contributed by atoms with E-state index in [0.717, 1.165) is 11.3 Å². The molecule has 5 radical (unpaired) electrons. The van der Waals surface area contributed by atoms with Crippen LogP contribution in [0.5, 0.6) is 0 Å². The maximum atomic E-state index is 2.58. The molecule has 3 aliphatic carbocycles. The van der Waals surface area contributed by atoms with E-state index in [0.29, 0.717) is 0 Å². The van der Waals surface area contributed by atoms with Crippen LogP contribution in [0.2, 0.25) is 0 Å². The number of halogens is 1. The molecule has 0 saturated heterocycles. The second kappa shape index (κ2) is 7.43. The van der Waals surface area contributed by atoms with Crippen molar-refractivity contribution in [3.8, 4) is 0 Å². The molecule has 0 heterocycles. The van der Waals surface area contributed by atoms with Gasteiger partial charge in [0.25, 0.3) is 0 Å². The van der Waals surface area contributed by atoms with Crippen molar-refractivity contribution in [1.82, 2.24) is 0 Å². The summed E-state index contributed by atoms with van der Waals surface area (Å²) >= 11 is 2.58. The van der Waals surface area contributed by atoms with E-state index in [1.165, 1.54) is 64.2 Å². The minimum atomic E-state index is 0.117. The Labute approximate surface area is 134 Å². The molecular formula is C17H25IP. The van der Waals surface area contributed by atoms with Crippen LogP contribution in [-0.2, 0) is 0 Å². The Morgan fingerprint density at radius 2 is 1.32 bits per heavy atom. The summed E-state index contributed by atoms with van der Waals surface area (Å²) in [7, 11) is 0.117. The lowest BCUT2D eigenvalue weighted by molar-refractivity contribution is 0.485. The van der Waals surface area contributed by atoms with E-state index in [2.05, 4.69) is 41.9 Å². The molecule has 3 aliphatic rings. The van der Waals surface area contributed by atoms with Gasteiger partial charge in [0.2, 0.25) is 0 Å². The van der Waals surface area contributed by atoms with E-state index in [4.69, 9.17) is 0 Å². The average molecular weight is 387 g/mol. The highest BCUT2D eigenvalue weighted by atomic mass is 127. The van der Waals surface area contributed by atoms with Gasteiger partial charge >= 0.3 is 0 Å². The Balaban J connectivity index is 1.73. The Hall–Kier alpha value is 1.16. The highest BCUT2D eigenvalue weighted by molar-refractivity contribution is 14.1. The summed E-state index contributed by atoms with van der Waals surface area (Å²) < 4.78 is 1.56. The van der Waals surface area contributed by atoms with E-state index in [1.807, 2.05) is 0 Å². The first-order chi connectivity index (χ1) is 9.36. The fourth-order valence-corrected chi connectivity index (χ4v) is 9.04. The maximum absolute atomic E-state index is 2.58. The largest absolute Gasteiger partial charge is 0.0913 e. The number of rotatable bonds is 3. The molecule has 2 heteroatoms. The van der Waals surface area contributed by atoms with Gasteiger partial charge in [-0.25, -0.2) is 0 Å². The molecule has 19 heavy (non-hydrogen) atoms. The molecule has 0 aromatic rings. The Bertz CT molecular complexity index is 250. The average Bonchev–Trinajstić information content (AvgIpc) is 2.88. The van der Waals surface area contributed by atoms with E-state index in [-0.39, 0.29) is 7.92 Å². The summed E-state index contributed by atoms with van der Waals surface area (Å²) in [6.45, 7) is 0. The Kier molecular flexibility index (Phi) is 5.89. The Morgan fingerprint density at radius 3 is 1.74 bits per heavy atom. The summed E-state index contributed by atoms with van der Waals surface area (Å²) in [4.78, 5) is 0. The minimum absolute atomic E-state index is 0.117. The van der Waals surface area contributed by atoms with Crippen LogP contribution in [0.4, 0.5) is 0 Å². The summed E-state index contributed by atoms with van der Waals surface area (Å²) in [6, 6.07) is 0. The van der Waals surface area contributed by atoms with Crippen LogP contribution >= 0.6 is 30.5 Å². The zero-order valence-electron chi connectivity index (χ0n) is 11.8. The molecule has 0 atom stereocenters. The molecule has 0 spiro atoms. The molecule has 105 valence electrons. The van der Waals surface area contributed by atoms with Crippen LogP contribution in [0, 0.1) is 28.8 Å². The van der Waals surface area contributed by atoms with Crippen LogP contribution < -0.4 is 0 Å². The molecule has 3 rings (SSSR count). The normalized spacial score (nSPS) is 29.4. The monoisotopic (exact) mass is 387 g/mol. The standard InChI is InChI=1S/C17H25IP/c18-16-12-7-13-17(16)19(14-8-3-1-4-9-14)15-10-5-2-6-11-15/h7,12-15H,1-6,8-11H2. The molecule has 0 amide bonds. The van der Waals surface area contributed by atoms with Gasteiger partial charge < -0.3 is 0 Å². The van der Waals surface area contributed by atoms with Crippen molar-refractivity contribution < 1.29 is 0 Å². The summed E-state index contributed by atoms with van der Waals surface area (Å²) in [6.07, 6.45) is 22.1. The SMILES string of the molecule is I[C]1[CH][CH][CH][C]1P(C1CCCCC1)C1CCCCC1. The summed E-state index contributed by atoms with van der Waals surface area (Å²) in [5, 5.41) is 0. The molecule has 3 saturated carbocycles. The van der Waals surface area contributed by atoms with Crippen molar-refractivity contribution in [2.24, 2.45) is 0 Å². The third-order valence-corrected chi connectivity index (χ3v) is 9.88. The quantitative estimate of drug-likeness (QED) is 0.396. The number of hydrogen-bond donors (Lipinski definition) is 0. The van der Waals surface area contributed by atoms with Crippen molar-refractivity contribution in [3.05, 3.63) is 28.8 Å². The third-order valence-electron chi connectivity index (χ3n) is 4.96. The predicted octanol–water partition coefficient (Wildman–Crippen LogP) is 6.26. The first-order valence-electron chi connectivity index (χ1n) is 8.06. The molecule has 0 bridgehead atoms. The van der Waals surface area contributed by atoms with E-state index >= 15 is 0 Å². The number of hydrogen-bond acceptors (Lipinski definition) is 0. The topological polar surface area (TPSA) is 0 Å². The van der Waals surface area contributed by atoms with Gasteiger partial charge in [-0.2, -0.15) is 0 Å². The van der Waals surface area contributed by atoms with Crippen molar-refractivity contribution in [1.29, 1.82) is 0 Å². The smallest absolute Gasteiger partial charge is 0.0521 e. The Morgan fingerprint density at radius 1 is 0.789 bits per heavy atom. The molecular weight excluding hydrogens is 362 g/mol. The van der Waals surface area contributed by atoms with Crippen molar-refractivity contribution >= 4 is 30.5 Å². The van der Waals surface area contributed by atoms with Crippen LogP contribution in [0.3, 0.4) is 0 Å². The van der Waals surface area contributed by atoms with E-state index in [9.17, 15) is 0 Å². The van der Waals surface area contributed by atoms with Gasteiger partial charge in [0.1, 0.15) is 0 Å². The molecule has 3 fully saturated rings. The van der Waals surface area contributed by atoms with Crippen molar-refractivity contribution in [3.63, 3.8) is 0 Å². The lowest BCUT2D eigenvalue weighted by Gasteiger charge is -2.42. The van der Waals surface area contributed by atoms with Crippen molar-refractivity contribution in [2.45, 2.75) is 75.5 Å². The summed E-state index contributed by atoms with van der Waals surface area (Å²) in [5.41, 5.74) is 3.85. The first-order valence-corrected chi connectivity index (χ1v) is 10.6. The lowest BCUT2D eigenvalue weighted by Crippen LogP contribution is -2.23. The molecule has 0 aromatic heterocycles. The minimum Gasteiger partial charge on any atom is -0.0913 e.